The molecule has 21 heavy (non-hydrogen) atoms. The van der Waals surface area contributed by atoms with Crippen LogP contribution in [0.5, 0.6) is 0 Å². The summed E-state index contributed by atoms with van der Waals surface area (Å²) in [7, 11) is 0. The molecule has 0 radical (unpaired) electrons. The van der Waals surface area contributed by atoms with Crippen molar-refractivity contribution in [3.63, 3.8) is 0 Å². The van der Waals surface area contributed by atoms with Crippen LogP contribution >= 0.6 is 0 Å². The first-order valence-electron chi connectivity index (χ1n) is 7.01. The summed E-state index contributed by atoms with van der Waals surface area (Å²) in [6.07, 6.45) is -0.479. The molecule has 1 heterocycles. The molecule has 0 aromatic heterocycles. The van der Waals surface area contributed by atoms with Gasteiger partial charge in [0.25, 0.3) is 0 Å². The zero-order chi connectivity index (χ0) is 15.6. The van der Waals surface area contributed by atoms with Gasteiger partial charge in [0, 0.05) is 30.9 Å². The van der Waals surface area contributed by atoms with E-state index in [-0.39, 0.29) is 12.5 Å². The van der Waals surface area contributed by atoms with Gasteiger partial charge in [-0.25, -0.2) is 4.79 Å². The molecule has 1 saturated heterocycles. The van der Waals surface area contributed by atoms with E-state index in [2.05, 4.69) is 0 Å². The topological polar surface area (TPSA) is 69.7 Å². The van der Waals surface area contributed by atoms with Gasteiger partial charge >= 0.3 is 6.09 Å². The average Bonchev–Trinajstić information content (AvgIpc) is 2.83. The number of carbonyl (C=O) groups is 2. The number of benzene rings is 1. The quantitative estimate of drug-likeness (QED) is 0.825. The second-order valence-corrected chi connectivity index (χ2v) is 6.33. The maximum atomic E-state index is 12.1. The highest BCUT2D eigenvalue weighted by Crippen LogP contribution is 2.33. The van der Waals surface area contributed by atoms with E-state index in [1.54, 1.807) is 20.8 Å². The standard InChI is InChI=1S/C16H21NO4/c1-16(2,3)21-15(20)17-9-12(13(10-17)14(18)19)11-7-5-4-6-8-11/h4-8,12-13H,9-10H2,1-3H3,(H,18,19)/p-1/t12-,13+/m0/s1. The van der Waals surface area contributed by atoms with Gasteiger partial charge in [-0.15, -0.1) is 0 Å². The Morgan fingerprint density at radius 3 is 2.33 bits per heavy atom. The minimum atomic E-state index is -1.13. The van der Waals surface area contributed by atoms with Crippen LogP contribution in [0.4, 0.5) is 4.79 Å². The van der Waals surface area contributed by atoms with E-state index in [1.807, 2.05) is 30.3 Å². The number of nitrogens with zero attached hydrogens (tertiary/aromatic N) is 1. The highest BCUT2D eigenvalue weighted by atomic mass is 16.6. The Hall–Kier alpha value is -2.04. The van der Waals surface area contributed by atoms with Crippen LogP contribution in [-0.2, 0) is 9.53 Å². The Labute approximate surface area is 124 Å². The molecule has 1 aromatic carbocycles. The molecule has 1 aromatic rings. The molecule has 5 heteroatoms. The highest BCUT2D eigenvalue weighted by Gasteiger charge is 2.38. The van der Waals surface area contributed by atoms with E-state index >= 15 is 0 Å². The number of likely N-dealkylation sites (tertiary alicyclic amines) is 1. The monoisotopic (exact) mass is 290 g/mol. The van der Waals surface area contributed by atoms with Gasteiger partial charge in [0.05, 0.1) is 0 Å². The normalized spacial score (nSPS) is 22.1. The van der Waals surface area contributed by atoms with E-state index in [0.29, 0.717) is 6.54 Å². The SMILES string of the molecule is CC(C)(C)OC(=O)N1C[C@@H](C(=O)[O-])[C@H](c2ccccc2)C1. The fraction of sp³-hybridized carbons (Fsp3) is 0.500. The van der Waals surface area contributed by atoms with Crippen molar-refractivity contribution in [2.45, 2.75) is 32.3 Å². The largest absolute Gasteiger partial charge is 0.550 e. The molecular formula is C16H20NO4-. The molecule has 0 N–H and O–H groups in total. The Balaban J connectivity index is 2.16. The van der Waals surface area contributed by atoms with Crippen LogP contribution in [-0.4, -0.2) is 35.7 Å². The van der Waals surface area contributed by atoms with Crippen LogP contribution in [0.25, 0.3) is 0 Å². The molecular weight excluding hydrogens is 270 g/mol. The Morgan fingerprint density at radius 2 is 1.81 bits per heavy atom. The van der Waals surface area contributed by atoms with Gasteiger partial charge < -0.3 is 19.5 Å². The van der Waals surface area contributed by atoms with Crippen LogP contribution in [0.3, 0.4) is 0 Å². The zero-order valence-corrected chi connectivity index (χ0v) is 12.5. The van der Waals surface area contributed by atoms with E-state index in [1.165, 1.54) is 4.90 Å². The third kappa shape index (κ3) is 3.74. The Bertz CT molecular complexity index is 521. The first kappa shape index (κ1) is 15.4. The van der Waals surface area contributed by atoms with Gasteiger partial charge in [0.2, 0.25) is 0 Å². The van der Waals surface area contributed by atoms with Crippen LogP contribution in [0, 0.1) is 5.92 Å². The number of carbonyl (C=O) groups excluding carboxylic acids is 2. The minimum Gasteiger partial charge on any atom is -0.550 e. The second-order valence-electron chi connectivity index (χ2n) is 6.33. The van der Waals surface area contributed by atoms with Gasteiger partial charge in [-0.1, -0.05) is 30.3 Å². The molecule has 0 aliphatic carbocycles. The lowest BCUT2D eigenvalue weighted by Crippen LogP contribution is -2.38. The second kappa shape index (κ2) is 5.76. The predicted molar refractivity (Wildman–Crippen MR) is 75.5 cm³/mol. The van der Waals surface area contributed by atoms with E-state index in [0.717, 1.165) is 5.56 Å². The first-order valence-corrected chi connectivity index (χ1v) is 7.01. The van der Waals surface area contributed by atoms with Crippen molar-refractivity contribution in [1.82, 2.24) is 4.90 Å². The number of aliphatic carboxylic acids is 1. The highest BCUT2D eigenvalue weighted by molar-refractivity contribution is 5.74. The van der Waals surface area contributed by atoms with Crippen LogP contribution in [0.2, 0.25) is 0 Å². The molecule has 2 atom stereocenters. The third-order valence-electron chi connectivity index (χ3n) is 3.50. The van der Waals surface area contributed by atoms with E-state index in [4.69, 9.17) is 4.74 Å². The Kier molecular flexibility index (Phi) is 4.21. The lowest BCUT2D eigenvalue weighted by Gasteiger charge is -2.24. The summed E-state index contributed by atoms with van der Waals surface area (Å²) in [5, 5.41) is 11.3. The first-order chi connectivity index (χ1) is 9.78. The molecule has 1 fully saturated rings. The maximum absolute atomic E-state index is 12.1. The molecule has 0 saturated carbocycles. The number of carboxylic acid groups (broad SMARTS) is 1. The van der Waals surface area contributed by atoms with Gasteiger partial charge in [0.15, 0.2) is 0 Å². The summed E-state index contributed by atoms with van der Waals surface area (Å²) in [4.78, 5) is 24.9. The van der Waals surface area contributed by atoms with E-state index < -0.39 is 23.6 Å². The molecule has 0 unspecified atom stereocenters. The summed E-state index contributed by atoms with van der Waals surface area (Å²) >= 11 is 0. The minimum absolute atomic E-state index is 0.122. The summed E-state index contributed by atoms with van der Waals surface area (Å²) < 4.78 is 5.31. The lowest BCUT2D eigenvalue weighted by atomic mass is 9.89. The van der Waals surface area contributed by atoms with Crippen molar-refractivity contribution >= 4 is 12.1 Å². The van der Waals surface area contributed by atoms with Gasteiger partial charge in [0.1, 0.15) is 5.60 Å². The van der Waals surface area contributed by atoms with Crippen molar-refractivity contribution in [3.8, 4) is 0 Å². The van der Waals surface area contributed by atoms with Gasteiger partial charge in [-0.3, -0.25) is 0 Å². The van der Waals surface area contributed by atoms with Crippen molar-refractivity contribution in [3.05, 3.63) is 35.9 Å². The Morgan fingerprint density at radius 1 is 1.19 bits per heavy atom. The summed E-state index contributed by atoms with van der Waals surface area (Å²) in [6, 6.07) is 9.34. The van der Waals surface area contributed by atoms with Crippen molar-refractivity contribution < 1.29 is 19.4 Å². The average molecular weight is 290 g/mol. The molecule has 5 nitrogen and oxygen atoms in total. The van der Waals surface area contributed by atoms with Crippen LogP contribution < -0.4 is 5.11 Å². The molecule has 114 valence electrons. The fourth-order valence-electron chi connectivity index (χ4n) is 2.56. The lowest BCUT2D eigenvalue weighted by molar-refractivity contribution is -0.311. The summed E-state index contributed by atoms with van der Waals surface area (Å²) in [5.74, 6) is -2.10. The summed E-state index contributed by atoms with van der Waals surface area (Å²) in [5.41, 5.74) is 0.302. The van der Waals surface area contributed by atoms with Crippen LogP contribution in [0.1, 0.15) is 32.3 Å². The molecule has 1 aliphatic heterocycles. The van der Waals surface area contributed by atoms with Crippen LogP contribution in [0.15, 0.2) is 30.3 Å². The predicted octanol–water partition coefficient (Wildman–Crippen LogP) is 1.39. The zero-order valence-electron chi connectivity index (χ0n) is 12.5. The molecule has 0 spiro atoms. The number of ether oxygens (including phenoxy) is 1. The molecule has 2 rings (SSSR count). The third-order valence-corrected chi connectivity index (χ3v) is 3.50. The number of hydrogen-bond donors (Lipinski definition) is 0. The van der Waals surface area contributed by atoms with Crippen molar-refractivity contribution in [2.75, 3.05) is 13.1 Å². The fourth-order valence-corrected chi connectivity index (χ4v) is 2.56. The van der Waals surface area contributed by atoms with Gasteiger partial charge in [-0.05, 0) is 26.3 Å². The smallest absolute Gasteiger partial charge is 0.410 e. The van der Waals surface area contributed by atoms with E-state index in [9.17, 15) is 14.7 Å². The number of carboxylic acids is 1. The molecule has 1 aliphatic rings. The van der Waals surface area contributed by atoms with Crippen molar-refractivity contribution in [2.24, 2.45) is 5.92 Å². The number of hydrogen-bond acceptors (Lipinski definition) is 4. The summed E-state index contributed by atoms with van der Waals surface area (Å²) in [6.45, 7) is 5.80. The van der Waals surface area contributed by atoms with Crippen molar-refractivity contribution in [1.29, 1.82) is 0 Å². The number of amides is 1. The molecule has 1 amide bonds. The maximum Gasteiger partial charge on any atom is 0.410 e. The van der Waals surface area contributed by atoms with Gasteiger partial charge in [-0.2, -0.15) is 0 Å². The number of rotatable bonds is 2. The molecule has 0 bridgehead atoms.